The molecule has 3 heteroatoms. The zero-order chi connectivity index (χ0) is 19.8. The minimum absolute atomic E-state index is 0.229. The van der Waals surface area contributed by atoms with E-state index in [4.69, 9.17) is 4.74 Å². The summed E-state index contributed by atoms with van der Waals surface area (Å²) in [6.45, 7) is 5.44. The van der Waals surface area contributed by atoms with E-state index in [1.54, 1.807) is 0 Å². The molecule has 0 fully saturated rings. The Morgan fingerprint density at radius 1 is 0.786 bits per heavy atom. The van der Waals surface area contributed by atoms with Gasteiger partial charge in [-0.15, -0.1) is 0 Å². The van der Waals surface area contributed by atoms with Crippen molar-refractivity contribution in [2.75, 3.05) is 6.61 Å². The van der Waals surface area contributed by atoms with E-state index in [9.17, 15) is 4.79 Å². The van der Waals surface area contributed by atoms with Crippen LogP contribution in [0.5, 0.6) is 0 Å². The Hall–Kier alpha value is -2.91. The van der Waals surface area contributed by atoms with Crippen molar-refractivity contribution >= 4 is 5.97 Å². The van der Waals surface area contributed by atoms with Crippen molar-refractivity contribution in [3.8, 4) is 0 Å². The molecule has 0 aromatic heterocycles. The molecule has 3 aromatic rings. The summed E-state index contributed by atoms with van der Waals surface area (Å²) < 4.78 is 5.54. The van der Waals surface area contributed by atoms with Gasteiger partial charge in [-0.3, -0.25) is 4.90 Å². The standard InChI is InChI=1S/C25H27NO2/c1-3-28-24(27)25(2,23-17-11-6-12-18-23)26(19-21-13-7-4-8-14-21)20-22-15-9-5-10-16-22/h4-18H,3,19-20H2,1-2H3. The van der Waals surface area contributed by atoms with Crippen LogP contribution < -0.4 is 0 Å². The maximum Gasteiger partial charge on any atom is 0.330 e. The zero-order valence-electron chi connectivity index (χ0n) is 16.5. The van der Waals surface area contributed by atoms with Crippen molar-refractivity contribution in [2.45, 2.75) is 32.5 Å². The maximum atomic E-state index is 13.2. The molecular weight excluding hydrogens is 346 g/mol. The topological polar surface area (TPSA) is 29.5 Å². The van der Waals surface area contributed by atoms with E-state index in [0.717, 1.165) is 16.7 Å². The number of carbonyl (C=O) groups is 1. The average Bonchev–Trinajstić information content (AvgIpc) is 2.75. The highest BCUT2D eigenvalue weighted by atomic mass is 16.5. The van der Waals surface area contributed by atoms with E-state index in [-0.39, 0.29) is 5.97 Å². The number of hydrogen-bond donors (Lipinski definition) is 0. The van der Waals surface area contributed by atoms with Crippen LogP contribution in [0.25, 0.3) is 0 Å². The summed E-state index contributed by atoms with van der Waals surface area (Å²) >= 11 is 0. The van der Waals surface area contributed by atoms with Crippen molar-refractivity contribution < 1.29 is 9.53 Å². The molecule has 3 nitrogen and oxygen atoms in total. The van der Waals surface area contributed by atoms with Crippen LogP contribution in [0, 0.1) is 0 Å². The van der Waals surface area contributed by atoms with Crippen molar-refractivity contribution in [1.29, 1.82) is 0 Å². The fraction of sp³-hybridized carbons (Fsp3) is 0.240. The van der Waals surface area contributed by atoms with Gasteiger partial charge in [0.05, 0.1) is 6.61 Å². The molecule has 0 aliphatic carbocycles. The van der Waals surface area contributed by atoms with Crippen LogP contribution in [-0.4, -0.2) is 17.5 Å². The first kappa shape index (κ1) is 19.8. The van der Waals surface area contributed by atoms with Gasteiger partial charge in [-0.2, -0.15) is 0 Å². The highest BCUT2D eigenvalue weighted by Gasteiger charge is 2.42. The third kappa shape index (κ3) is 4.49. The van der Waals surface area contributed by atoms with Gasteiger partial charge in [0.25, 0.3) is 0 Å². The molecule has 144 valence electrons. The molecule has 1 unspecified atom stereocenters. The predicted molar refractivity (Wildman–Crippen MR) is 113 cm³/mol. The van der Waals surface area contributed by atoms with Crippen molar-refractivity contribution in [1.82, 2.24) is 4.90 Å². The Morgan fingerprint density at radius 2 is 1.21 bits per heavy atom. The van der Waals surface area contributed by atoms with Crippen LogP contribution in [0.4, 0.5) is 0 Å². The molecule has 0 saturated heterocycles. The summed E-state index contributed by atoms with van der Waals surface area (Å²) in [5.74, 6) is -0.229. The van der Waals surface area contributed by atoms with Crippen LogP contribution in [0.1, 0.15) is 30.5 Å². The minimum atomic E-state index is -0.900. The summed E-state index contributed by atoms with van der Waals surface area (Å²) in [6, 6.07) is 30.4. The number of hydrogen-bond acceptors (Lipinski definition) is 3. The molecule has 3 rings (SSSR count). The lowest BCUT2D eigenvalue weighted by atomic mass is 9.88. The molecule has 0 radical (unpaired) electrons. The molecule has 28 heavy (non-hydrogen) atoms. The van der Waals surface area contributed by atoms with Gasteiger partial charge in [0, 0.05) is 13.1 Å². The van der Waals surface area contributed by atoms with Gasteiger partial charge in [-0.1, -0.05) is 91.0 Å². The zero-order valence-corrected chi connectivity index (χ0v) is 16.5. The molecule has 0 amide bonds. The lowest BCUT2D eigenvalue weighted by Crippen LogP contribution is -2.50. The summed E-state index contributed by atoms with van der Waals surface area (Å²) in [7, 11) is 0. The molecule has 0 bridgehead atoms. The Kier molecular flexibility index (Phi) is 6.62. The van der Waals surface area contributed by atoms with E-state index in [1.807, 2.05) is 80.6 Å². The second-order valence-corrected chi connectivity index (χ2v) is 6.99. The van der Waals surface area contributed by atoms with E-state index < -0.39 is 5.54 Å². The Bertz CT molecular complexity index is 823. The van der Waals surface area contributed by atoms with Gasteiger partial charge >= 0.3 is 5.97 Å². The molecular formula is C25H27NO2. The van der Waals surface area contributed by atoms with Gasteiger partial charge in [0.2, 0.25) is 0 Å². The van der Waals surface area contributed by atoms with Crippen LogP contribution in [0.15, 0.2) is 91.0 Å². The molecule has 1 atom stereocenters. The summed E-state index contributed by atoms with van der Waals surface area (Å²) in [5, 5.41) is 0. The first-order valence-corrected chi connectivity index (χ1v) is 9.70. The van der Waals surface area contributed by atoms with Gasteiger partial charge in [0.1, 0.15) is 5.54 Å². The molecule has 0 spiro atoms. The molecule has 3 aromatic carbocycles. The minimum Gasteiger partial charge on any atom is -0.464 e. The van der Waals surface area contributed by atoms with Crippen molar-refractivity contribution in [2.24, 2.45) is 0 Å². The molecule has 0 heterocycles. The fourth-order valence-electron chi connectivity index (χ4n) is 3.44. The van der Waals surface area contributed by atoms with Crippen LogP contribution in [-0.2, 0) is 28.2 Å². The smallest absolute Gasteiger partial charge is 0.330 e. The molecule has 0 N–H and O–H groups in total. The van der Waals surface area contributed by atoms with Crippen molar-refractivity contribution in [3.05, 3.63) is 108 Å². The van der Waals surface area contributed by atoms with Crippen LogP contribution in [0.2, 0.25) is 0 Å². The fourth-order valence-corrected chi connectivity index (χ4v) is 3.44. The maximum absolute atomic E-state index is 13.2. The second kappa shape index (κ2) is 9.34. The van der Waals surface area contributed by atoms with Gasteiger partial charge in [-0.25, -0.2) is 4.79 Å². The lowest BCUT2D eigenvalue weighted by Gasteiger charge is -2.40. The van der Waals surface area contributed by atoms with Gasteiger partial charge in [0.15, 0.2) is 0 Å². The lowest BCUT2D eigenvalue weighted by molar-refractivity contribution is -0.159. The number of rotatable bonds is 8. The van der Waals surface area contributed by atoms with Gasteiger partial charge in [-0.05, 0) is 30.5 Å². The summed E-state index contributed by atoms with van der Waals surface area (Å²) in [6.07, 6.45) is 0. The first-order chi connectivity index (χ1) is 13.6. The number of nitrogens with zero attached hydrogens (tertiary/aromatic N) is 1. The summed E-state index contributed by atoms with van der Waals surface area (Å²) in [5.41, 5.74) is 2.35. The Balaban J connectivity index is 2.05. The van der Waals surface area contributed by atoms with Gasteiger partial charge < -0.3 is 4.74 Å². The third-order valence-electron chi connectivity index (χ3n) is 5.07. The second-order valence-electron chi connectivity index (χ2n) is 6.99. The number of carbonyl (C=O) groups excluding carboxylic acids is 1. The quantitative estimate of drug-likeness (QED) is 0.510. The van der Waals surface area contributed by atoms with E-state index in [0.29, 0.717) is 19.7 Å². The monoisotopic (exact) mass is 373 g/mol. The molecule has 0 aliphatic heterocycles. The largest absolute Gasteiger partial charge is 0.464 e. The SMILES string of the molecule is CCOC(=O)C(C)(c1ccccc1)N(Cc1ccccc1)Cc1ccccc1. The molecule has 0 aliphatic rings. The number of esters is 1. The third-order valence-corrected chi connectivity index (χ3v) is 5.07. The highest BCUT2D eigenvalue weighted by Crippen LogP contribution is 2.33. The van der Waals surface area contributed by atoms with E-state index in [2.05, 4.69) is 29.2 Å². The average molecular weight is 373 g/mol. The molecule has 0 saturated carbocycles. The van der Waals surface area contributed by atoms with E-state index in [1.165, 1.54) is 0 Å². The Labute approximate surface area is 167 Å². The first-order valence-electron chi connectivity index (χ1n) is 9.70. The Morgan fingerprint density at radius 3 is 1.64 bits per heavy atom. The number of ether oxygens (including phenoxy) is 1. The highest BCUT2D eigenvalue weighted by molar-refractivity contribution is 5.82. The summed E-state index contributed by atoms with van der Waals surface area (Å²) in [4.78, 5) is 15.4. The van der Waals surface area contributed by atoms with Crippen LogP contribution in [0.3, 0.4) is 0 Å². The van der Waals surface area contributed by atoms with E-state index >= 15 is 0 Å². The van der Waals surface area contributed by atoms with Crippen molar-refractivity contribution in [3.63, 3.8) is 0 Å². The normalized spacial score (nSPS) is 13.1. The van der Waals surface area contributed by atoms with Crippen LogP contribution >= 0.6 is 0 Å². The number of benzene rings is 3. The predicted octanol–water partition coefficient (Wildman–Crippen LogP) is 5.17.